The summed E-state index contributed by atoms with van der Waals surface area (Å²) in [5.74, 6) is 0.330. The molecule has 2 aromatic carbocycles. The van der Waals surface area contributed by atoms with Crippen molar-refractivity contribution in [3.8, 4) is 16.9 Å². The lowest BCUT2D eigenvalue weighted by atomic mass is 9.94. The summed E-state index contributed by atoms with van der Waals surface area (Å²) in [6.07, 6.45) is -1.46. The summed E-state index contributed by atoms with van der Waals surface area (Å²) in [7, 11) is 0. The van der Waals surface area contributed by atoms with E-state index in [1.807, 2.05) is 32.0 Å². The number of halogens is 1. The minimum absolute atomic E-state index is 0.306. The van der Waals surface area contributed by atoms with Crippen LogP contribution >= 0.6 is 0 Å². The molecule has 4 nitrogen and oxygen atoms in total. The van der Waals surface area contributed by atoms with Crippen molar-refractivity contribution < 1.29 is 18.7 Å². The number of nitrogens with two attached hydrogens (primary N) is 1. The second-order valence-corrected chi connectivity index (χ2v) is 5.79. The summed E-state index contributed by atoms with van der Waals surface area (Å²) in [5, 5.41) is 0. The van der Waals surface area contributed by atoms with E-state index in [0.717, 1.165) is 16.7 Å². The fourth-order valence-electron chi connectivity index (χ4n) is 2.73. The summed E-state index contributed by atoms with van der Waals surface area (Å²) in [6, 6.07) is 11.8. The molecule has 0 radical (unpaired) electrons. The first-order chi connectivity index (χ1) is 10.4. The van der Waals surface area contributed by atoms with Crippen LogP contribution in [-0.4, -0.2) is 11.7 Å². The van der Waals surface area contributed by atoms with E-state index in [2.05, 4.69) is 0 Å². The highest BCUT2D eigenvalue weighted by Gasteiger charge is 2.44. The number of rotatable bonds is 2. The smallest absolute Gasteiger partial charge is 0.405 e. The van der Waals surface area contributed by atoms with Gasteiger partial charge in [0, 0.05) is 5.56 Å². The molecule has 0 spiro atoms. The molecular weight excluding hydrogens is 285 g/mol. The second kappa shape index (κ2) is 5.02. The minimum Gasteiger partial charge on any atom is -0.483 e. The van der Waals surface area contributed by atoms with E-state index in [9.17, 15) is 9.18 Å². The molecule has 0 aliphatic carbocycles. The third kappa shape index (κ3) is 2.50. The lowest BCUT2D eigenvalue weighted by Gasteiger charge is -2.25. The van der Waals surface area contributed by atoms with Crippen LogP contribution in [-0.2, 0) is 4.74 Å². The van der Waals surface area contributed by atoms with Crippen molar-refractivity contribution in [3.05, 3.63) is 53.8 Å². The number of benzene rings is 2. The lowest BCUT2D eigenvalue weighted by Crippen LogP contribution is -2.34. The molecule has 1 aliphatic heterocycles. The van der Waals surface area contributed by atoms with E-state index in [4.69, 9.17) is 15.2 Å². The highest BCUT2D eigenvalue weighted by molar-refractivity contribution is 5.68. The lowest BCUT2D eigenvalue weighted by molar-refractivity contribution is -0.0100. The van der Waals surface area contributed by atoms with Crippen LogP contribution in [0.5, 0.6) is 5.75 Å². The molecule has 2 aromatic rings. The molecule has 1 aliphatic rings. The molecule has 22 heavy (non-hydrogen) atoms. The van der Waals surface area contributed by atoms with Crippen LogP contribution in [0.3, 0.4) is 0 Å². The molecule has 0 saturated carbocycles. The molecule has 2 N–H and O–H groups in total. The molecule has 1 unspecified atom stereocenters. The number of fused-ring (bicyclic) bond motifs is 1. The van der Waals surface area contributed by atoms with Crippen molar-refractivity contribution in [2.75, 3.05) is 0 Å². The Labute approximate surface area is 127 Å². The van der Waals surface area contributed by atoms with Crippen molar-refractivity contribution in [2.24, 2.45) is 5.73 Å². The van der Waals surface area contributed by atoms with Crippen LogP contribution in [0.2, 0.25) is 0 Å². The summed E-state index contributed by atoms with van der Waals surface area (Å²) < 4.78 is 24.4. The highest BCUT2D eigenvalue weighted by Crippen LogP contribution is 2.46. The molecule has 1 heterocycles. The maximum Gasteiger partial charge on any atom is 0.405 e. The molecule has 0 saturated heterocycles. The number of carbonyl (C=O) groups excluding carboxylic acids is 1. The number of amides is 1. The first-order valence-electron chi connectivity index (χ1n) is 6.92. The molecule has 114 valence electrons. The average molecular weight is 301 g/mol. The summed E-state index contributed by atoms with van der Waals surface area (Å²) in [6.45, 7) is 3.64. The van der Waals surface area contributed by atoms with Gasteiger partial charge in [-0.2, -0.15) is 0 Å². The van der Waals surface area contributed by atoms with E-state index in [-0.39, 0.29) is 5.82 Å². The fraction of sp³-hybridized carbons (Fsp3) is 0.235. The van der Waals surface area contributed by atoms with Crippen molar-refractivity contribution in [3.63, 3.8) is 0 Å². The fourth-order valence-corrected chi connectivity index (χ4v) is 2.73. The van der Waals surface area contributed by atoms with Crippen molar-refractivity contribution in [1.29, 1.82) is 0 Å². The standard InChI is InChI=1S/C17H16FNO3/c1-17(2)15(21-16(19)20)13-9-11(6-7-14(13)22-17)10-4-3-5-12(18)8-10/h3-9,15H,1-2H3,(H2,19,20). The van der Waals surface area contributed by atoms with Crippen molar-refractivity contribution >= 4 is 6.09 Å². The minimum atomic E-state index is -0.856. The zero-order valence-electron chi connectivity index (χ0n) is 12.3. The molecule has 5 heteroatoms. The van der Waals surface area contributed by atoms with Gasteiger partial charge in [-0.3, -0.25) is 0 Å². The Bertz CT molecular complexity index is 742. The Morgan fingerprint density at radius 1 is 1.23 bits per heavy atom. The SMILES string of the molecule is CC1(C)Oc2ccc(-c3cccc(F)c3)cc2C1OC(N)=O. The van der Waals surface area contributed by atoms with Crippen LogP contribution in [0.1, 0.15) is 25.5 Å². The average Bonchev–Trinajstić information content (AvgIpc) is 2.68. The zero-order valence-corrected chi connectivity index (χ0v) is 12.3. The van der Waals surface area contributed by atoms with Gasteiger partial charge in [0.05, 0.1) is 0 Å². The number of carbonyl (C=O) groups is 1. The Balaban J connectivity index is 2.05. The van der Waals surface area contributed by atoms with Gasteiger partial charge >= 0.3 is 6.09 Å². The predicted molar refractivity (Wildman–Crippen MR) is 80.0 cm³/mol. The normalized spacial score (nSPS) is 18.4. The van der Waals surface area contributed by atoms with Crippen LogP contribution in [0, 0.1) is 5.82 Å². The highest BCUT2D eigenvalue weighted by atomic mass is 19.1. The van der Waals surface area contributed by atoms with E-state index in [0.29, 0.717) is 5.75 Å². The quantitative estimate of drug-likeness (QED) is 0.917. The maximum atomic E-state index is 13.4. The predicted octanol–water partition coefficient (Wildman–Crippen LogP) is 3.80. The van der Waals surface area contributed by atoms with Gasteiger partial charge in [-0.05, 0) is 49.2 Å². The summed E-state index contributed by atoms with van der Waals surface area (Å²) in [4.78, 5) is 11.1. The zero-order chi connectivity index (χ0) is 15.9. The topological polar surface area (TPSA) is 61.6 Å². The van der Waals surface area contributed by atoms with Gasteiger partial charge in [0.15, 0.2) is 6.10 Å². The van der Waals surface area contributed by atoms with Crippen molar-refractivity contribution in [2.45, 2.75) is 25.6 Å². The van der Waals surface area contributed by atoms with E-state index >= 15 is 0 Å². The van der Waals surface area contributed by atoms with Gasteiger partial charge in [-0.25, -0.2) is 9.18 Å². The number of primary amides is 1. The van der Waals surface area contributed by atoms with Crippen LogP contribution < -0.4 is 10.5 Å². The summed E-state index contributed by atoms with van der Waals surface area (Å²) in [5.41, 5.74) is 6.73. The molecule has 0 bridgehead atoms. The van der Waals surface area contributed by atoms with Crippen LogP contribution in [0.4, 0.5) is 9.18 Å². The molecular formula is C17H16FNO3. The van der Waals surface area contributed by atoms with E-state index < -0.39 is 17.8 Å². The van der Waals surface area contributed by atoms with Gasteiger partial charge in [-0.15, -0.1) is 0 Å². The largest absolute Gasteiger partial charge is 0.483 e. The van der Waals surface area contributed by atoms with Gasteiger partial charge in [0.1, 0.15) is 17.2 Å². The summed E-state index contributed by atoms with van der Waals surface area (Å²) >= 11 is 0. The Kier molecular flexibility index (Phi) is 3.28. The van der Waals surface area contributed by atoms with Gasteiger partial charge < -0.3 is 15.2 Å². The Morgan fingerprint density at radius 3 is 2.64 bits per heavy atom. The molecule has 3 rings (SSSR count). The number of hydrogen-bond donors (Lipinski definition) is 1. The first kappa shape index (κ1) is 14.4. The Morgan fingerprint density at radius 2 is 1.95 bits per heavy atom. The molecule has 0 aromatic heterocycles. The molecule has 1 atom stereocenters. The van der Waals surface area contributed by atoms with Gasteiger partial charge in [0.25, 0.3) is 0 Å². The molecule has 1 amide bonds. The van der Waals surface area contributed by atoms with E-state index in [1.165, 1.54) is 12.1 Å². The van der Waals surface area contributed by atoms with E-state index in [1.54, 1.807) is 12.1 Å². The van der Waals surface area contributed by atoms with Crippen LogP contribution in [0.25, 0.3) is 11.1 Å². The first-order valence-corrected chi connectivity index (χ1v) is 6.92. The molecule has 0 fully saturated rings. The Hall–Kier alpha value is -2.56. The number of ether oxygens (including phenoxy) is 2. The third-order valence-electron chi connectivity index (χ3n) is 3.69. The van der Waals surface area contributed by atoms with Gasteiger partial charge in [-0.1, -0.05) is 18.2 Å². The maximum absolute atomic E-state index is 13.4. The monoisotopic (exact) mass is 301 g/mol. The van der Waals surface area contributed by atoms with Crippen LogP contribution in [0.15, 0.2) is 42.5 Å². The van der Waals surface area contributed by atoms with Crippen molar-refractivity contribution in [1.82, 2.24) is 0 Å². The van der Waals surface area contributed by atoms with Gasteiger partial charge in [0.2, 0.25) is 0 Å². The number of hydrogen-bond acceptors (Lipinski definition) is 3. The third-order valence-corrected chi connectivity index (χ3v) is 3.69. The second-order valence-electron chi connectivity index (χ2n) is 5.79.